The van der Waals surface area contributed by atoms with E-state index in [-0.39, 0.29) is 5.91 Å². The smallest absolute Gasteiger partial charge is 0.224 e. The van der Waals surface area contributed by atoms with Crippen LogP contribution in [-0.2, 0) is 17.6 Å². The highest BCUT2D eigenvalue weighted by Crippen LogP contribution is 2.11. The van der Waals surface area contributed by atoms with E-state index in [1.54, 1.807) is 0 Å². The van der Waals surface area contributed by atoms with Crippen LogP contribution in [0.2, 0.25) is 0 Å². The summed E-state index contributed by atoms with van der Waals surface area (Å²) < 4.78 is 0. The molecule has 0 aromatic heterocycles. The molecule has 0 spiro atoms. The number of rotatable bonds is 7. The molecule has 2 rings (SSSR count). The second kappa shape index (κ2) is 8.19. The first kappa shape index (κ1) is 15.2. The number of amides is 1. The summed E-state index contributed by atoms with van der Waals surface area (Å²) in [4.78, 5) is 11.9. The summed E-state index contributed by atoms with van der Waals surface area (Å²) in [7, 11) is 0. The lowest BCUT2D eigenvalue weighted by molar-refractivity contribution is -0.116. The van der Waals surface area contributed by atoms with E-state index < -0.39 is 0 Å². The lowest BCUT2D eigenvalue weighted by atomic mass is 10.1. The molecule has 0 aliphatic heterocycles. The lowest BCUT2D eigenvalue weighted by Crippen LogP contribution is -2.24. The van der Waals surface area contributed by atoms with Crippen molar-refractivity contribution in [2.45, 2.75) is 19.3 Å². The fourth-order valence-corrected chi connectivity index (χ4v) is 2.03. The molecule has 0 heterocycles. The van der Waals surface area contributed by atoms with E-state index in [1.807, 2.05) is 48.5 Å². The summed E-state index contributed by atoms with van der Waals surface area (Å²) in [5.41, 5.74) is 5.68. The molecule has 4 heteroatoms. The Morgan fingerprint density at radius 2 is 1.90 bits per heavy atom. The van der Waals surface area contributed by atoms with Crippen LogP contribution in [0.4, 0.5) is 5.69 Å². The predicted octanol–water partition coefficient (Wildman–Crippen LogP) is 2.06. The minimum absolute atomic E-state index is 0.0172. The zero-order valence-corrected chi connectivity index (χ0v) is 11.9. The molecular weight excluding hydrogens is 262 g/mol. The molecule has 0 bridgehead atoms. The number of carbonyl (C=O) groups is 1. The molecule has 2 aromatic rings. The third-order valence-electron chi connectivity index (χ3n) is 3.19. The number of carbonyl (C=O) groups excluding carboxylic acids is 1. The van der Waals surface area contributed by atoms with Crippen LogP contribution in [0.5, 0.6) is 0 Å². The van der Waals surface area contributed by atoms with Gasteiger partial charge in [0, 0.05) is 18.7 Å². The number of benzene rings is 2. The van der Waals surface area contributed by atoms with Crippen LogP contribution in [0.15, 0.2) is 48.5 Å². The van der Waals surface area contributed by atoms with Gasteiger partial charge in [-0.2, -0.15) is 0 Å². The highest BCUT2D eigenvalue weighted by Gasteiger charge is 2.03. The van der Waals surface area contributed by atoms with Gasteiger partial charge in [0.25, 0.3) is 0 Å². The van der Waals surface area contributed by atoms with E-state index >= 15 is 0 Å². The average molecular weight is 282 g/mol. The molecule has 0 saturated heterocycles. The predicted molar refractivity (Wildman–Crippen MR) is 84.6 cm³/mol. The molecule has 4 N–H and O–H groups in total. The van der Waals surface area contributed by atoms with Crippen molar-refractivity contribution in [3.8, 4) is 0 Å². The number of nitrogens with one attached hydrogen (secondary N) is 2. The monoisotopic (exact) mass is 282 g/mol. The van der Waals surface area contributed by atoms with E-state index in [1.165, 1.54) is 5.56 Å². The Labute approximate surface area is 125 Å². The maximum absolute atomic E-state index is 11.9. The summed E-state index contributed by atoms with van der Waals surface area (Å²) in [6.45, 7) is 0.735. The molecular formula is C17H20N3O. The summed E-state index contributed by atoms with van der Waals surface area (Å²) in [6, 6.07) is 18.7. The molecule has 0 unspecified atom stereocenters. The quantitative estimate of drug-likeness (QED) is 0.538. The van der Waals surface area contributed by atoms with Crippen molar-refractivity contribution < 1.29 is 4.79 Å². The number of hydrogen-bond donors (Lipinski definition) is 3. The van der Waals surface area contributed by atoms with Crippen molar-refractivity contribution >= 4 is 11.6 Å². The van der Waals surface area contributed by atoms with Gasteiger partial charge in [-0.15, -0.1) is 0 Å². The van der Waals surface area contributed by atoms with Crippen molar-refractivity contribution in [1.82, 2.24) is 5.43 Å². The Balaban J connectivity index is 1.79. The van der Waals surface area contributed by atoms with Crippen molar-refractivity contribution in [3.05, 3.63) is 65.7 Å². The molecule has 0 aliphatic rings. The second-order valence-electron chi connectivity index (χ2n) is 4.84. The van der Waals surface area contributed by atoms with Gasteiger partial charge in [0.2, 0.25) is 5.91 Å². The maximum atomic E-state index is 11.9. The Hall–Kier alpha value is -2.17. The molecule has 0 fully saturated rings. The third-order valence-corrected chi connectivity index (χ3v) is 3.19. The highest BCUT2D eigenvalue weighted by molar-refractivity contribution is 5.90. The number of nitrogens with two attached hydrogens (primary N) is 1. The fourth-order valence-electron chi connectivity index (χ4n) is 2.03. The molecule has 4 nitrogen and oxygen atoms in total. The van der Waals surface area contributed by atoms with Gasteiger partial charge in [-0.25, -0.2) is 0 Å². The maximum Gasteiger partial charge on any atom is 0.224 e. The first-order valence-electron chi connectivity index (χ1n) is 7.06. The summed E-state index contributed by atoms with van der Waals surface area (Å²) >= 11 is 0. The largest absolute Gasteiger partial charge is 0.326 e. The van der Waals surface area contributed by atoms with Crippen molar-refractivity contribution in [1.29, 1.82) is 0 Å². The number of hydrogen-bond acceptors (Lipinski definition) is 3. The van der Waals surface area contributed by atoms with E-state index in [9.17, 15) is 4.79 Å². The van der Waals surface area contributed by atoms with Gasteiger partial charge in [0.15, 0.2) is 0 Å². The Bertz CT molecular complexity index is 552. The number of anilines is 1. The SMILES string of the molecule is NNCCc1ccc(NC(=O)CCc2[c]cccc2)cc1. The minimum Gasteiger partial charge on any atom is -0.326 e. The number of aryl methyl sites for hydroxylation is 1. The standard InChI is InChI=1S/C17H20N3O/c18-19-13-12-15-6-9-16(10-7-15)20-17(21)11-8-14-4-2-1-3-5-14/h1-4,6-7,9-10,19H,8,11-13,18H2,(H,20,21). The van der Waals surface area contributed by atoms with E-state index in [4.69, 9.17) is 5.84 Å². The van der Waals surface area contributed by atoms with Crippen molar-refractivity contribution in [2.24, 2.45) is 5.84 Å². The zero-order valence-electron chi connectivity index (χ0n) is 11.9. The summed E-state index contributed by atoms with van der Waals surface area (Å²) in [5.74, 6) is 5.26. The molecule has 0 saturated carbocycles. The van der Waals surface area contributed by atoms with Crippen LogP contribution >= 0.6 is 0 Å². The average Bonchev–Trinajstić information content (AvgIpc) is 2.53. The zero-order chi connectivity index (χ0) is 14.9. The van der Waals surface area contributed by atoms with Crippen LogP contribution < -0.4 is 16.6 Å². The van der Waals surface area contributed by atoms with Crippen LogP contribution in [-0.4, -0.2) is 12.5 Å². The van der Waals surface area contributed by atoms with Crippen molar-refractivity contribution in [3.63, 3.8) is 0 Å². The molecule has 1 radical (unpaired) electrons. The van der Waals surface area contributed by atoms with Gasteiger partial charge in [0.05, 0.1) is 0 Å². The topological polar surface area (TPSA) is 67.2 Å². The van der Waals surface area contributed by atoms with Gasteiger partial charge in [0.1, 0.15) is 0 Å². The molecule has 21 heavy (non-hydrogen) atoms. The lowest BCUT2D eigenvalue weighted by Gasteiger charge is -2.07. The first-order chi connectivity index (χ1) is 10.3. The van der Waals surface area contributed by atoms with Crippen molar-refractivity contribution in [2.75, 3.05) is 11.9 Å². The van der Waals surface area contributed by atoms with E-state index in [2.05, 4.69) is 16.8 Å². The van der Waals surface area contributed by atoms with Crippen LogP contribution in [0.3, 0.4) is 0 Å². The van der Waals surface area contributed by atoms with Gasteiger partial charge >= 0.3 is 0 Å². The van der Waals surface area contributed by atoms with Gasteiger partial charge < -0.3 is 5.32 Å². The highest BCUT2D eigenvalue weighted by atomic mass is 16.1. The van der Waals surface area contributed by atoms with Gasteiger partial charge in [-0.1, -0.05) is 36.4 Å². The third kappa shape index (κ3) is 5.38. The fraction of sp³-hybridized carbons (Fsp3) is 0.235. The Morgan fingerprint density at radius 3 is 2.57 bits per heavy atom. The van der Waals surface area contributed by atoms with E-state index in [0.717, 1.165) is 24.2 Å². The molecule has 0 atom stereocenters. The normalized spacial score (nSPS) is 10.3. The molecule has 0 aliphatic carbocycles. The molecule has 109 valence electrons. The van der Waals surface area contributed by atoms with Crippen LogP contribution in [0.25, 0.3) is 0 Å². The van der Waals surface area contributed by atoms with E-state index in [0.29, 0.717) is 12.8 Å². The summed E-state index contributed by atoms with van der Waals surface area (Å²) in [6.07, 6.45) is 2.03. The minimum atomic E-state index is 0.0172. The second-order valence-corrected chi connectivity index (χ2v) is 4.84. The molecule has 1 amide bonds. The van der Waals surface area contributed by atoms with Crippen LogP contribution in [0.1, 0.15) is 17.5 Å². The number of hydrazine groups is 1. The Kier molecular flexibility index (Phi) is 5.94. The molecule has 2 aromatic carbocycles. The Morgan fingerprint density at radius 1 is 1.10 bits per heavy atom. The van der Waals surface area contributed by atoms with Gasteiger partial charge in [-0.05, 0) is 42.2 Å². The first-order valence-corrected chi connectivity index (χ1v) is 7.06. The van der Waals surface area contributed by atoms with Crippen LogP contribution in [0, 0.1) is 6.07 Å². The van der Waals surface area contributed by atoms with Gasteiger partial charge in [-0.3, -0.25) is 16.1 Å². The summed E-state index contributed by atoms with van der Waals surface area (Å²) in [5, 5.41) is 2.90.